The predicted octanol–water partition coefficient (Wildman–Crippen LogP) is 5.59. The summed E-state index contributed by atoms with van der Waals surface area (Å²) >= 11 is 1.38. The lowest BCUT2D eigenvalue weighted by molar-refractivity contribution is -0.113. The first-order valence-electron chi connectivity index (χ1n) is 10.1. The van der Waals surface area contributed by atoms with Gasteiger partial charge >= 0.3 is 0 Å². The van der Waals surface area contributed by atoms with Gasteiger partial charge in [0.25, 0.3) is 0 Å². The summed E-state index contributed by atoms with van der Waals surface area (Å²) in [6, 6.07) is 24.1. The standard InChI is InChI=1S/C25H24N4OS/c1-17-8-7-11-22(14-17)29-24(20-9-5-4-6-10-20)27-28-25(29)31-16-23(30)26-21-13-12-18(2)19(3)15-21/h4-15H,16H2,1-3H3,(H,26,30). The van der Waals surface area contributed by atoms with Crippen molar-refractivity contribution in [2.24, 2.45) is 0 Å². The van der Waals surface area contributed by atoms with Gasteiger partial charge in [-0.3, -0.25) is 9.36 Å². The third-order valence-electron chi connectivity index (χ3n) is 5.05. The summed E-state index contributed by atoms with van der Waals surface area (Å²) in [5.41, 5.74) is 6.25. The Morgan fingerprint density at radius 3 is 2.45 bits per heavy atom. The van der Waals surface area contributed by atoms with Crippen molar-refractivity contribution in [1.82, 2.24) is 14.8 Å². The van der Waals surface area contributed by atoms with E-state index in [9.17, 15) is 4.79 Å². The quantitative estimate of drug-likeness (QED) is 0.407. The summed E-state index contributed by atoms with van der Waals surface area (Å²) in [7, 11) is 0. The number of hydrogen-bond acceptors (Lipinski definition) is 4. The van der Waals surface area contributed by atoms with Gasteiger partial charge in [-0.05, 0) is 61.7 Å². The second-order valence-corrected chi connectivity index (χ2v) is 8.43. The average Bonchev–Trinajstić information content (AvgIpc) is 3.19. The first kappa shape index (κ1) is 20.9. The van der Waals surface area contributed by atoms with E-state index >= 15 is 0 Å². The van der Waals surface area contributed by atoms with E-state index in [2.05, 4.69) is 41.5 Å². The molecule has 3 aromatic carbocycles. The summed E-state index contributed by atoms with van der Waals surface area (Å²) < 4.78 is 2.01. The van der Waals surface area contributed by atoms with Gasteiger partial charge in [-0.2, -0.15) is 0 Å². The van der Waals surface area contributed by atoms with Crippen molar-refractivity contribution in [3.8, 4) is 17.1 Å². The number of carbonyl (C=O) groups is 1. The van der Waals surface area contributed by atoms with Gasteiger partial charge in [-0.1, -0.05) is 60.3 Å². The van der Waals surface area contributed by atoms with Crippen LogP contribution in [0.1, 0.15) is 16.7 Å². The summed E-state index contributed by atoms with van der Waals surface area (Å²) in [4.78, 5) is 12.6. The van der Waals surface area contributed by atoms with Crippen LogP contribution < -0.4 is 5.32 Å². The first-order chi connectivity index (χ1) is 15.0. The van der Waals surface area contributed by atoms with Crippen molar-refractivity contribution in [2.75, 3.05) is 11.1 Å². The van der Waals surface area contributed by atoms with Gasteiger partial charge in [0.1, 0.15) is 0 Å². The minimum absolute atomic E-state index is 0.0756. The van der Waals surface area contributed by atoms with Crippen LogP contribution in [0.2, 0.25) is 0 Å². The van der Waals surface area contributed by atoms with E-state index < -0.39 is 0 Å². The van der Waals surface area contributed by atoms with Gasteiger partial charge in [0.2, 0.25) is 5.91 Å². The second-order valence-electron chi connectivity index (χ2n) is 7.48. The molecule has 6 heteroatoms. The lowest BCUT2D eigenvalue weighted by Gasteiger charge is -2.11. The number of rotatable bonds is 6. The van der Waals surface area contributed by atoms with E-state index in [0.29, 0.717) is 5.16 Å². The first-order valence-corrected chi connectivity index (χ1v) is 11.1. The highest BCUT2D eigenvalue weighted by Crippen LogP contribution is 2.28. The molecule has 0 aliphatic carbocycles. The zero-order valence-electron chi connectivity index (χ0n) is 17.8. The average molecular weight is 429 g/mol. The number of anilines is 1. The molecule has 0 unspecified atom stereocenters. The molecule has 31 heavy (non-hydrogen) atoms. The SMILES string of the molecule is Cc1cccc(-n2c(SCC(=O)Nc3ccc(C)c(C)c3)nnc2-c2ccccc2)c1. The van der Waals surface area contributed by atoms with Gasteiger partial charge in [-0.15, -0.1) is 10.2 Å². The Labute approximate surface area is 186 Å². The molecule has 1 heterocycles. The normalized spacial score (nSPS) is 10.8. The van der Waals surface area contributed by atoms with Crippen LogP contribution in [0.5, 0.6) is 0 Å². The Kier molecular flexibility index (Phi) is 6.18. The van der Waals surface area contributed by atoms with Crippen molar-refractivity contribution in [3.63, 3.8) is 0 Å². The molecular formula is C25H24N4OS. The summed E-state index contributed by atoms with van der Waals surface area (Å²) in [5, 5.41) is 12.5. The molecule has 1 amide bonds. The van der Waals surface area contributed by atoms with E-state index in [1.807, 2.05) is 72.2 Å². The van der Waals surface area contributed by atoms with E-state index in [1.54, 1.807) is 0 Å². The fraction of sp³-hybridized carbons (Fsp3) is 0.160. The Morgan fingerprint density at radius 2 is 1.71 bits per heavy atom. The fourth-order valence-electron chi connectivity index (χ4n) is 3.28. The Morgan fingerprint density at radius 1 is 0.903 bits per heavy atom. The molecule has 0 fully saturated rings. The Hall–Kier alpha value is -3.38. The van der Waals surface area contributed by atoms with Crippen LogP contribution in [-0.2, 0) is 4.79 Å². The molecule has 0 bridgehead atoms. The van der Waals surface area contributed by atoms with Crippen LogP contribution in [-0.4, -0.2) is 26.4 Å². The molecular weight excluding hydrogens is 404 g/mol. The van der Waals surface area contributed by atoms with Crippen molar-refractivity contribution < 1.29 is 4.79 Å². The highest BCUT2D eigenvalue weighted by atomic mass is 32.2. The third kappa shape index (κ3) is 4.86. The fourth-order valence-corrected chi connectivity index (χ4v) is 4.04. The van der Waals surface area contributed by atoms with Crippen molar-refractivity contribution >= 4 is 23.4 Å². The van der Waals surface area contributed by atoms with Crippen LogP contribution >= 0.6 is 11.8 Å². The monoisotopic (exact) mass is 428 g/mol. The molecule has 0 aliphatic rings. The summed E-state index contributed by atoms with van der Waals surface area (Å²) in [5.74, 6) is 0.919. The predicted molar refractivity (Wildman–Crippen MR) is 127 cm³/mol. The van der Waals surface area contributed by atoms with Crippen LogP contribution in [0, 0.1) is 20.8 Å². The maximum absolute atomic E-state index is 12.6. The molecule has 0 spiro atoms. The lowest BCUT2D eigenvalue weighted by Crippen LogP contribution is -2.14. The highest BCUT2D eigenvalue weighted by Gasteiger charge is 2.17. The molecule has 5 nitrogen and oxygen atoms in total. The van der Waals surface area contributed by atoms with Crippen LogP contribution in [0.25, 0.3) is 17.1 Å². The number of carbonyl (C=O) groups excluding carboxylic acids is 1. The van der Waals surface area contributed by atoms with Crippen molar-refractivity contribution in [3.05, 3.63) is 89.5 Å². The minimum atomic E-state index is -0.0756. The van der Waals surface area contributed by atoms with E-state index in [1.165, 1.54) is 17.3 Å². The van der Waals surface area contributed by atoms with Gasteiger partial charge < -0.3 is 5.32 Å². The molecule has 0 radical (unpaired) electrons. The molecule has 0 saturated carbocycles. The van der Waals surface area contributed by atoms with Gasteiger partial charge in [0, 0.05) is 16.9 Å². The van der Waals surface area contributed by atoms with Crippen molar-refractivity contribution in [2.45, 2.75) is 25.9 Å². The highest BCUT2D eigenvalue weighted by molar-refractivity contribution is 7.99. The zero-order valence-corrected chi connectivity index (χ0v) is 18.6. The third-order valence-corrected chi connectivity index (χ3v) is 5.98. The molecule has 0 aliphatic heterocycles. The van der Waals surface area contributed by atoms with E-state index in [0.717, 1.165) is 33.9 Å². The number of aryl methyl sites for hydroxylation is 3. The van der Waals surface area contributed by atoms with Gasteiger partial charge in [-0.25, -0.2) is 0 Å². The van der Waals surface area contributed by atoms with Crippen LogP contribution in [0.15, 0.2) is 78.0 Å². The number of aromatic nitrogens is 3. The number of amides is 1. The number of thioether (sulfide) groups is 1. The number of nitrogens with zero attached hydrogens (tertiary/aromatic N) is 3. The molecule has 4 rings (SSSR count). The number of benzene rings is 3. The molecule has 1 N–H and O–H groups in total. The largest absolute Gasteiger partial charge is 0.325 e. The zero-order chi connectivity index (χ0) is 21.8. The summed E-state index contributed by atoms with van der Waals surface area (Å²) in [6.45, 7) is 6.15. The molecule has 4 aromatic rings. The van der Waals surface area contributed by atoms with Crippen molar-refractivity contribution in [1.29, 1.82) is 0 Å². The molecule has 0 atom stereocenters. The Bertz CT molecular complexity index is 1220. The van der Waals surface area contributed by atoms with Gasteiger partial charge in [0.05, 0.1) is 5.75 Å². The molecule has 0 saturated heterocycles. The maximum atomic E-state index is 12.6. The Balaban J connectivity index is 1.58. The smallest absolute Gasteiger partial charge is 0.234 e. The molecule has 156 valence electrons. The summed E-state index contributed by atoms with van der Waals surface area (Å²) in [6.07, 6.45) is 0. The van der Waals surface area contributed by atoms with Gasteiger partial charge in [0.15, 0.2) is 11.0 Å². The van der Waals surface area contributed by atoms with E-state index in [4.69, 9.17) is 0 Å². The van der Waals surface area contributed by atoms with E-state index in [-0.39, 0.29) is 11.7 Å². The van der Waals surface area contributed by atoms with Crippen LogP contribution in [0.3, 0.4) is 0 Å². The topological polar surface area (TPSA) is 59.8 Å². The van der Waals surface area contributed by atoms with Crippen LogP contribution in [0.4, 0.5) is 5.69 Å². The minimum Gasteiger partial charge on any atom is -0.325 e. The number of nitrogens with one attached hydrogen (secondary N) is 1. The molecule has 1 aromatic heterocycles. The number of hydrogen-bond donors (Lipinski definition) is 1. The maximum Gasteiger partial charge on any atom is 0.234 e. The lowest BCUT2D eigenvalue weighted by atomic mass is 10.1. The second kappa shape index (κ2) is 9.18.